The van der Waals surface area contributed by atoms with Gasteiger partial charge in [0.2, 0.25) is 11.8 Å². The average Bonchev–Trinajstić information content (AvgIpc) is 2.66. The number of nitrogens with zero attached hydrogens (tertiary/aromatic N) is 1. The summed E-state index contributed by atoms with van der Waals surface area (Å²) in [6, 6.07) is 12.2. The molecule has 0 aromatic heterocycles. The van der Waals surface area contributed by atoms with Crippen LogP contribution in [-0.2, 0) is 16.0 Å². The lowest BCUT2D eigenvalue weighted by Gasteiger charge is -2.10. The molecule has 2 aromatic carbocycles. The second-order valence-electron chi connectivity index (χ2n) is 5.84. The van der Waals surface area contributed by atoms with Gasteiger partial charge in [0.05, 0.1) is 12.8 Å². The number of anilines is 1. The van der Waals surface area contributed by atoms with Gasteiger partial charge in [-0.05, 0) is 43.2 Å². The van der Waals surface area contributed by atoms with Crippen molar-refractivity contribution in [2.24, 2.45) is 5.10 Å². The molecule has 0 aliphatic carbocycles. The first-order valence-electron chi connectivity index (χ1n) is 8.79. The van der Waals surface area contributed by atoms with Crippen molar-refractivity contribution in [3.63, 3.8) is 0 Å². The van der Waals surface area contributed by atoms with Gasteiger partial charge in [0.25, 0.3) is 0 Å². The number of carbonyl (C=O) groups excluding carboxylic acids is 2. The third kappa shape index (κ3) is 6.28. The fourth-order valence-electron chi connectivity index (χ4n) is 2.43. The molecular weight excluding hydrogens is 358 g/mol. The number of hydrogen-bond acceptors (Lipinski definition) is 5. The van der Waals surface area contributed by atoms with Crippen LogP contribution in [0.3, 0.4) is 0 Å². The summed E-state index contributed by atoms with van der Waals surface area (Å²) in [5, 5.41) is 16.7. The summed E-state index contributed by atoms with van der Waals surface area (Å²) in [6.07, 6.45) is 3.19. The van der Waals surface area contributed by atoms with E-state index >= 15 is 0 Å². The van der Waals surface area contributed by atoms with Crippen LogP contribution in [0.5, 0.6) is 11.5 Å². The van der Waals surface area contributed by atoms with Crippen LogP contribution in [0.25, 0.3) is 0 Å². The van der Waals surface area contributed by atoms with E-state index in [1.54, 1.807) is 42.5 Å². The van der Waals surface area contributed by atoms with E-state index < -0.39 is 11.8 Å². The number of nitrogens with one attached hydrogen (secondary N) is 2. The van der Waals surface area contributed by atoms with E-state index in [1.807, 2.05) is 13.0 Å². The van der Waals surface area contributed by atoms with Crippen LogP contribution >= 0.6 is 0 Å². The van der Waals surface area contributed by atoms with Crippen LogP contribution in [0.1, 0.15) is 24.5 Å². The third-order valence-electron chi connectivity index (χ3n) is 3.62. The summed E-state index contributed by atoms with van der Waals surface area (Å²) >= 11 is 0. The smallest absolute Gasteiger partial charge is 0.249 e. The molecule has 0 atom stereocenters. The number of benzene rings is 2. The molecule has 0 heterocycles. The Morgan fingerprint density at radius 2 is 1.96 bits per heavy atom. The van der Waals surface area contributed by atoms with Gasteiger partial charge in [0.15, 0.2) is 11.5 Å². The molecule has 2 aromatic rings. The van der Waals surface area contributed by atoms with Crippen LogP contribution in [0, 0.1) is 0 Å². The van der Waals surface area contributed by atoms with Gasteiger partial charge in [-0.25, -0.2) is 5.43 Å². The minimum absolute atomic E-state index is 0.0560. The number of hydrogen-bond donors (Lipinski definition) is 3. The number of hydrazone groups is 1. The Bertz CT molecular complexity index is 863. The first kappa shape index (κ1) is 20.7. The van der Waals surface area contributed by atoms with Gasteiger partial charge in [0.1, 0.15) is 6.42 Å². The quantitative estimate of drug-likeness (QED) is 0.269. The van der Waals surface area contributed by atoms with Gasteiger partial charge in [-0.3, -0.25) is 9.59 Å². The molecule has 0 radical (unpaired) electrons. The SMILES string of the molecule is C=CCc1cc(/C=N/NC(=O)CC(=O)Nc2ccccc2)cc(OCC)c1O. The summed E-state index contributed by atoms with van der Waals surface area (Å²) in [4.78, 5) is 23.7. The molecule has 2 amide bonds. The van der Waals surface area contributed by atoms with E-state index in [1.165, 1.54) is 6.21 Å². The van der Waals surface area contributed by atoms with Crippen molar-refractivity contribution in [2.75, 3.05) is 11.9 Å². The van der Waals surface area contributed by atoms with Gasteiger partial charge in [-0.15, -0.1) is 6.58 Å². The Hall–Kier alpha value is -3.61. The van der Waals surface area contributed by atoms with Gasteiger partial charge >= 0.3 is 0 Å². The van der Waals surface area contributed by atoms with Crippen molar-refractivity contribution in [3.05, 3.63) is 66.2 Å². The maximum absolute atomic E-state index is 11.9. The summed E-state index contributed by atoms with van der Waals surface area (Å²) in [5.74, 6) is -0.590. The Balaban J connectivity index is 1.96. The number of phenols is 1. The highest BCUT2D eigenvalue weighted by atomic mass is 16.5. The van der Waals surface area contributed by atoms with E-state index in [0.717, 1.165) is 0 Å². The van der Waals surface area contributed by atoms with Crippen LogP contribution in [-0.4, -0.2) is 29.7 Å². The minimum atomic E-state index is -0.542. The third-order valence-corrected chi connectivity index (χ3v) is 3.62. The number of aromatic hydroxyl groups is 1. The highest BCUT2D eigenvalue weighted by molar-refractivity contribution is 6.03. The summed E-state index contributed by atoms with van der Waals surface area (Å²) in [7, 11) is 0. The Kier molecular flexibility index (Phi) is 7.77. The van der Waals surface area contributed by atoms with Crippen molar-refractivity contribution in [3.8, 4) is 11.5 Å². The molecule has 0 spiro atoms. The zero-order chi connectivity index (χ0) is 20.4. The number of rotatable bonds is 9. The molecular formula is C21H23N3O4. The normalized spacial score (nSPS) is 10.5. The number of carbonyl (C=O) groups is 2. The highest BCUT2D eigenvalue weighted by Gasteiger charge is 2.11. The summed E-state index contributed by atoms with van der Waals surface area (Å²) < 4.78 is 5.41. The lowest BCUT2D eigenvalue weighted by molar-refractivity contribution is -0.126. The summed E-state index contributed by atoms with van der Waals surface area (Å²) in [6.45, 7) is 5.88. The van der Waals surface area contributed by atoms with E-state index in [9.17, 15) is 14.7 Å². The second-order valence-corrected chi connectivity index (χ2v) is 5.84. The predicted octanol–water partition coefficient (Wildman–Crippen LogP) is 3.00. The van der Waals surface area contributed by atoms with Crippen molar-refractivity contribution >= 4 is 23.7 Å². The molecule has 0 saturated heterocycles. The molecule has 28 heavy (non-hydrogen) atoms. The molecule has 0 saturated carbocycles. The standard InChI is InChI=1S/C21H23N3O4/c1-3-8-16-11-15(12-18(21(16)27)28-4-2)14-22-24-20(26)13-19(25)23-17-9-6-5-7-10-17/h3,5-7,9-12,14,27H,1,4,8,13H2,2H3,(H,23,25)(H,24,26)/b22-14+. The first-order chi connectivity index (χ1) is 13.5. The average molecular weight is 381 g/mol. The highest BCUT2D eigenvalue weighted by Crippen LogP contribution is 2.31. The van der Waals surface area contributed by atoms with Gasteiger partial charge in [0, 0.05) is 11.3 Å². The van der Waals surface area contributed by atoms with Crippen molar-refractivity contribution in [2.45, 2.75) is 19.8 Å². The monoisotopic (exact) mass is 381 g/mol. The van der Waals surface area contributed by atoms with Crippen molar-refractivity contribution in [1.29, 1.82) is 0 Å². The van der Waals surface area contributed by atoms with E-state index in [4.69, 9.17) is 4.74 Å². The van der Waals surface area contributed by atoms with Crippen LogP contribution in [0.15, 0.2) is 60.2 Å². The molecule has 0 fully saturated rings. The van der Waals surface area contributed by atoms with E-state index in [0.29, 0.717) is 35.6 Å². The number of amides is 2. The molecule has 7 heteroatoms. The molecule has 2 rings (SSSR count). The second kappa shape index (κ2) is 10.5. The zero-order valence-corrected chi connectivity index (χ0v) is 15.6. The predicted molar refractivity (Wildman–Crippen MR) is 109 cm³/mol. The lowest BCUT2D eigenvalue weighted by Crippen LogP contribution is -2.24. The Morgan fingerprint density at radius 3 is 2.64 bits per heavy atom. The number of para-hydroxylation sites is 1. The number of phenolic OH excluding ortho intramolecular Hbond substituents is 1. The first-order valence-corrected chi connectivity index (χ1v) is 8.79. The molecule has 0 aliphatic rings. The topological polar surface area (TPSA) is 100 Å². The Labute approximate surface area is 163 Å². The summed E-state index contributed by atoms with van der Waals surface area (Å²) in [5.41, 5.74) is 4.20. The van der Waals surface area contributed by atoms with E-state index in [2.05, 4.69) is 22.4 Å². The number of ether oxygens (including phenoxy) is 1. The molecule has 7 nitrogen and oxygen atoms in total. The van der Waals surface area contributed by atoms with E-state index in [-0.39, 0.29) is 12.2 Å². The fourth-order valence-corrected chi connectivity index (χ4v) is 2.43. The van der Waals surface area contributed by atoms with Crippen LogP contribution in [0.2, 0.25) is 0 Å². The molecule has 0 bridgehead atoms. The lowest BCUT2D eigenvalue weighted by atomic mass is 10.1. The van der Waals surface area contributed by atoms with Gasteiger partial charge in [-0.2, -0.15) is 5.10 Å². The number of allylic oxidation sites excluding steroid dienone is 1. The fraction of sp³-hybridized carbons (Fsp3) is 0.190. The zero-order valence-electron chi connectivity index (χ0n) is 15.6. The minimum Gasteiger partial charge on any atom is -0.504 e. The molecule has 0 aliphatic heterocycles. The largest absolute Gasteiger partial charge is 0.504 e. The van der Waals surface area contributed by atoms with Crippen molar-refractivity contribution in [1.82, 2.24) is 5.43 Å². The Morgan fingerprint density at radius 1 is 1.21 bits per heavy atom. The van der Waals surface area contributed by atoms with Crippen molar-refractivity contribution < 1.29 is 19.4 Å². The molecule has 146 valence electrons. The maximum Gasteiger partial charge on any atom is 0.249 e. The van der Waals surface area contributed by atoms with Gasteiger partial charge in [-0.1, -0.05) is 24.3 Å². The molecule has 3 N–H and O–H groups in total. The van der Waals surface area contributed by atoms with Crippen LogP contribution in [0.4, 0.5) is 5.69 Å². The maximum atomic E-state index is 11.9. The van der Waals surface area contributed by atoms with Gasteiger partial charge < -0.3 is 15.2 Å². The van der Waals surface area contributed by atoms with Crippen LogP contribution < -0.4 is 15.5 Å². The molecule has 0 unspecified atom stereocenters.